The first-order chi connectivity index (χ1) is 9.12. The fourth-order valence-corrected chi connectivity index (χ4v) is 2.04. The molecule has 0 aromatic heterocycles. The Labute approximate surface area is 117 Å². The molecular formula is C13H17BFNO4. The van der Waals surface area contributed by atoms with Crippen LogP contribution in [0.15, 0.2) is 18.2 Å². The van der Waals surface area contributed by atoms with Gasteiger partial charge in [0.1, 0.15) is 5.82 Å². The van der Waals surface area contributed by atoms with Crippen molar-refractivity contribution in [2.75, 3.05) is 0 Å². The molecule has 1 aliphatic rings. The van der Waals surface area contributed by atoms with E-state index in [0.29, 0.717) is 5.56 Å². The average Bonchev–Trinajstić information content (AvgIpc) is 2.49. The molecule has 0 atom stereocenters. The number of halogens is 1. The minimum atomic E-state index is -0.623. The molecule has 7 heteroatoms. The minimum Gasteiger partial charge on any atom is -0.403 e. The van der Waals surface area contributed by atoms with E-state index in [1.807, 2.05) is 27.7 Å². The molecule has 1 aromatic rings. The van der Waals surface area contributed by atoms with Gasteiger partial charge in [-0.25, -0.2) is 4.39 Å². The van der Waals surface area contributed by atoms with Crippen LogP contribution in [0.2, 0.25) is 0 Å². The Bertz CT molecular complexity index is 531. The van der Waals surface area contributed by atoms with Gasteiger partial charge in [0.25, 0.3) is 5.69 Å². The van der Waals surface area contributed by atoms with Crippen molar-refractivity contribution >= 4 is 12.8 Å². The molecule has 1 fully saturated rings. The quantitative estimate of drug-likeness (QED) is 0.485. The summed E-state index contributed by atoms with van der Waals surface area (Å²) in [7, 11) is -0.559. The highest BCUT2D eigenvalue weighted by Crippen LogP contribution is 2.37. The molecule has 0 aliphatic carbocycles. The van der Waals surface area contributed by atoms with Crippen LogP contribution >= 0.6 is 0 Å². The van der Waals surface area contributed by atoms with Gasteiger partial charge in [-0.1, -0.05) is 0 Å². The summed E-state index contributed by atoms with van der Waals surface area (Å²) >= 11 is 0. The summed E-state index contributed by atoms with van der Waals surface area (Å²) in [5, 5.41) is 10.6. The van der Waals surface area contributed by atoms with Gasteiger partial charge in [0.2, 0.25) is 0 Å². The number of hydrogen-bond acceptors (Lipinski definition) is 4. The third kappa shape index (κ3) is 2.69. The maximum absolute atomic E-state index is 13.8. The van der Waals surface area contributed by atoms with Gasteiger partial charge in [-0.3, -0.25) is 10.1 Å². The second-order valence-electron chi connectivity index (χ2n) is 5.92. The van der Waals surface area contributed by atoms with Gasteiger partial charge in [-0.05, 0) is 39.3 Å². The van der Waals surface area contributed by atoms with E-state index in [4.69, 9.17) is 9.31 Å². The van der Waals surface area contributed by atoms with Crippen molar-refractivity contribution < 1.29 is 18.6 Å². The molecule has 0 amide bonds. The van der Waals surface area contributed by atoms with Gasteiger partial charge in [0, 0.05) is 12.4 Å². The van der Waals surface area contributed by atoms with Crippen LogP contribution in [0.3, 0.4) is 0 Å². The maximum Gasteiger partial charge on any atom is 0.462 e. The summed E-state index contributed by atoms with van der Waals surface area (Å²) in [4.78, 5) is 9.95. The van der Waals surface area contributed by atoms with Crippen molar-refractivity contribution in [1.29, 1.82) is 0 Å². The van der Waals surface area contributed by atoms with E-state index in [1.54, 1.807) is 0 Å². The van der Waals surface area contributed by atoms with E-state index in [2.05, 4.69) is 0 Å². The number of rotatable bonds is 3. The Balaban J connectivity index is 2.14. The lowest BCUT2D eigenvalue weighted by atomic mass is 9.80. The number of nitro benzene ring substituents is 1. The van der Waals surface area contributed by atoms with Crippen LogP contribution in [0.4, 0.5) is 10.1 Å². The second-order valence-corrected chi connectivity index (χ2v) is 5.92. The molecule has 5 nitrogen and oxygen atoms in total. The lowest BCUT2D eigenvalue weighted by molar-refractivity contribution is -0.385. The Hall–Kier alpha value is -1.47. The highest BCUT2D eigenvalue weighted by atomic mass is 19.1. The Morgan fingerprint density at radius 3 is 2.25 bits per heavy atom. The molecule has 1 saturated heterocycles. The van der Waals surface area contributed by atoms with Crippen molar-refractivity contribution in [1.82, 2.24) is 0 Å². The van der Waals surface area contributed by atoms with Crippen LogP contribution in [0.1, 0.15) is 33.3 Å². The molecular weight excluding hydrogens is 264 g/mol. The molecule has 20 heavy (non-hydrogen) atoms. The first-order valence-corrected chi connectivity index (χ1v) is 6.41. The lowest BCUT2D eigenvalue weighted by Crippen LogP contribution is -2.41. The summed E-state index contributed by atoms with van der Waals surface area (Å²) in [5.74, 6) is -0.617. The van der Waals surface area contributed by atoms with Crippen LogP contribution in [0.5, 0.6) is 0 Å². The molecule has 0 radical (unpaired) electrons. The fraction of sp³-hybridized carbons (Fsp3) is 0.538. The molecule has 1 aromatic carbocycles. The van der Waals surface area contributed by atoms with E-state index in [9.17, 15) is 14.5 Å². The minimum absolute atomic E-state index is 0.219. The predicted molar refractivity (Wildman–Crippen MR) is 72.8 cm³/mol. The molecule has 0 unspecified atom stereocenters. The van der Waals surface area contributed by atoms with Crippen LogP contribution < -0.4 is 0 Å². The SMILES string of the molecule is CC1(C)OB(Cc2ccc([N+](=O)[O-])cc2F)OC1(C)C. The van der Waals surface area contributed by atoms with E-state index in [-0.39, 0.29) is 12.0 Å². The number of non-ortho nitro benzene ring substituents is 1. The third-order valence-corrected chi connectivity index (χ3v) is 3.94. The number of benzene rings is 1. The van der Waals surface area contributed by atoms with E-state index < -0.39 is 29.1 Å². The highest BCUT2D eigenvalue weighted by molar-refractivity contribution is 6.45. The van der Waals surface area contributed by atoms with Gasteiger partial charge in [-0.15, -0.1) is 0 Å². The molecule has 1 aliphatic heterocycles. The first kappa shape index (κ1) is 14.9. The summed E-state index contributed by atoms with van der Waals surface area (Å²) in [5.41, 5.74) is -0.876. The first-order valence-electron chi connectivity index (χ1n) is 6.41. The lowest BCUT2D eigenvalue weighted by Gasteiger charge is -2.32. The smallest absolute Gasteiger partial charge is 0.403 e. The molecule has 108 valence electrons. The van der Waals surface area contributed by atoms with Gasteiger partial charge in [0.15, 0.2) is 0 Å². The number of hydrogen-bond donors (Lipinski definition) is 0. The monoisotopic (exact) mass is 281 g/mol. The van der Waals surface area contributed by atoms with Crippen LogP contribution in [0.25, 0.3) is 0 Å². The molecule has 1 heterocycles. The average molecular weight is 281 g/mol. The standard InChI is InChI=1S/C13H17BFNO4/c1-12(2)13(3,4)20-14(19-12)8-9-5-6-10(16(17)18)7-11(9)15/h5-7H,8H2,1-4H3. The van der Waals surface area contributed by atoms with Crippen LogP contribution in [-0.2, 0) is 15.6 Å². The van der Waals surface area contributed by atoms with Gasteiger partial charge < -0.3 is 9.31 Å². The van der Waals surface area contributed by atoms with Gasteiger partial charge in [-0.2, -0.15) is 0 Å². The van der Waals surface area contributed by atoms with Crippen molar-refractivity contribution in [2.45, 2.75) is 45.2 Å². The van der Waals surface area contributed by atoms with E-state index in [1.165, 1.54) is 12.1 Å². The normalized spacial score (nSPS) is 20.1. The molecule has 0 spiro atoms. The zero-order chi connectivity index (χ0) is 15.1. The zero-order valence-electron chi connectivity index (χ0n) is 12.0. The number of nitro groups is 1. The molecule has 0 N–H and O–H groups in total. The predicted octanol–water partition coefficient (Wildman–Crippen LogP) is 2.91. The van der Waals surface area contributed by atoms with Crippen molar-refractivity contribution in [3.63, 3.8) is 0 Å². The highest BCUT2D eigenvalue weighted by Gasteiger charge is 2.50. The topological polar surface area (TPSA) is 61.6 Å². The van der Waals surface area contributed by atoms with Gasteiger partial charge in [0.05, 0.1) is 22.2 Å². The van der Waals surface area contributed by atoms with Crippen LogP contribution in [0, 0.1) is 15.9 Å². The zero-order valence-corrected chi connectivity index (χ0v) is 12.0. The van der Waals surface area contributed by atoms with Gasteiger partial charge >= 0.3 is 7.12 Å². The van der Waals surface area contributed by atoms with Crippen molar-refractivity contribution in [3.8, 4) is 0 Å². The van der Waals surface area contributed by atoms with Crippen molar-refractivity contribution in [3.05, 3.63) is 39.7 Å². The Morgan fingerprint density at radius 1 is 1.25 bits per heavy atom. The summed E-state index contributed by atoms with van der Waals surface area (Å²) in [6, 6.07) is 3.60. The summed E-state index contributed by atoms with van der Waals surface area (Å²) in [6.45, 7) is 7.66. The van der Waals surface area contributed by atoms with Crippen molar-refractivity contribution in [2.24, 2.45) is 0 Å². The Morgan fingerprint density at radius 2 is 1.80 bits per heavy atom. The molecule has 2 rings (SSSR count). The van der Waals surface area contributed by atoms with E-state index in [0.717, 1.165) is 6.07 Å². The summed E-state index contributed by atoms with van der Waals surface area (Å²) < 4.78 is 25.4. The summed E-state index contributed by atoms with van der Waals surface area (Å²) in [6.07, 6.45) is 0.219. The maximum atomic E-state index is 13.8. The molecule has 0 saturated carbocycles. The Kier molecular flexibility index (Phi) is 3.60. The largest absolute Gasteiger partial charge is 0.462 e. The second kappa shape index (κ2) is 4.82. The third-order valence-electron chi connectivity index (χ3n) is 3.94. The fourth-order valence-electron chi connectivity index (χ4n) is 2.04. The molecule has 0 bridgehead atoms. The number of nitrogens with zero attached hydrogens (tertiary/aromatic N) is 1. The van der Waals surface area contributed by atoms with Crippen LogP contribution in [-0.4, -0.2) is 23.2 Å². The van der Waals surface area contributed by atoms with E-state index >= 15 is 0 Å².